The molecule has 0 saturated heterocycles. The van der Waals surface area contributed by atoms with Crippen molar-refractivity contribution in [3.05, 3.63) is 24.3 Å². The Morgan fingerprint density at radius 1 is 0.653 bits per heavy atom. The third-order valence-corrected chi connectivity index (χ3v) is 10.0. The van der Waals surface area contributed by atoms with Gasteiger partial charge in [0.1, 0.15) is 0 Å². The first-order valence-corrected chi connectivity index (χ1v) is 22.0. The maximum atomic E-state index is 12.7. The van der Waals surface area contributed by atoms with Gasteiger partial charge in [-0.05, 0) is 32.1 Å². The van der Waals surface area contributed by atoms with Crippen LogP contribution in [0.3, 0.4) is 0 Å². The van der Waals surface area contributed by atoms with Gasteiger partial charge in [-0.2, -0.15) is 0 Å². The van der Waals surface area contributed by atoms with E-state index >= 15 is 0 Å². The number of amides is 1. The third kappa shape index (κ3) is 35.2. The van der Waals surface area contributed by atoms with Gasteiger partial charge in [0, 0.05) is 13.0 Å². The largest absolute Gasteiger partial charge is 0.472 e. The molecule has 0 saturated carbocycles. The molecule has 0 radical (unpaired) electrons. The van der Waals surface area contributed by atoms with Crippen LogP contribution in [-0.2, 0) is 18.4 Å². The summed E-state index contributed by atoms with van der Waals surface area (Å²) in [5, 5.41) is 13.6. The first kappa shape index (κ1) is 48.0. The van der Waals surface area contributed by atoms with Gasteiger partial charge in [0.15, 0.2) is 0 Å². The Bertz CT molecular complexity index is 825. The molecule has 0 fully saturated rings. The van der Waals surface area contributed by atoms with Gasteiger partial charge in [0.05, 0.1) is 25.4 Å². The van der Waals surface area contributed by atoms with Crippen molar-refractivity contribution < 1.29 is 28.4 Å². The summed E-state index contributed by atoms with van der Waals surface area (Å²) in [4.78, 5) is 22.6. The molecule has 9 heteroatoms. The minimum Gasteiger partial charge on any atom is -0.387 e. The number of carbonyl (C=O) groups excluding carboxylic acids is 1. The lowest BCUT2D eigenvalue weighted by Crippen LogP contribution is -2.45. The Labute approximate surface area is 302 Å². The Hall–Kier alpha value is -1.02. The van der Waals surface area contributed by atoms with E-state index in [1.54, 1.807) is 6.08 Å². The van der Waals surface area contributed by atoms with E-state index in [1.165, 1.54) is 135 Å². The summed E-state index contributed by atoms with van der Waals surface area (Å²) in [5.41, 5.74) is 5.35. The maximum Gasteiger partial charge on any atom is 0.472 e. The Morgan fingerprint density at radius 3 is 1.57 bits per heavy atom. The van der Waals surface area contributed by atoms with Crippen LogP contribution in [0, 0.1) is 0 Å². The monoisotopic (exact) mass is 715 g/mol. The molecule has 0 rings (SSSR count). The van der Waals surface area contributed by atoms with E-state index in [0.717, 1.165) is 38.5 Å². The van der Waals surface area contributed by atoms with Crippen molar-refractivity contribution in [1.29, 1.82) is 0 Å². The molecule has 0 aromatic rings. The number of aliphatic hydroxyl groups excluding tert-OH is 1. The number of phosphoric acid groups is 1. The highest BCUT2D eigenvalue weighted by atomic mass is 31.2. The number of carbonyl (C=O) groups is 1. The topological polar surface area (TPSA) is 131 Å². The molecule has 5 N–H and O–H groups in total. The fraction of sp³-hybridized carbons (Fsp3) is 0.875. The van der Waals surface area contributed by atoms with Crippen molar-refractivity contribution in [2.45, 2.75) is 206 Å². The Morgan fingerprint density at radius 2 is 1.08 bits per heavy atom. The Balaban J connectivity index is 4.24. The SMILES string of the molecule is CCCCCCCCCCCCCCCC/C=C/CC/C=C/C(O)C(COP(=O)(O)OCCN)NC(=O)CCCCCCCCCCCC. The molecule has 0 aromatic carbocycles. The summed E-state index contributed by atoms with van der Waals surface area (Å²) in [6.45, 7) is 4.10. The van der Waals surface area contributed by atoms with Gasteiger partial charge in [-0.3, -0.25) is 13.8 Å². The number of allylic oxidation sites excluding steroid dienone is 3. The minimum atomic E-state index is -4.34. The van der Waals surface area contributed by atoms with Crippen LogP contribution >= 0.6 is 7.82 Å². The van der Waals surface area contributed by atoms with Crippen molar-refractivity contribution in [1.82, 2.24) is 5.32 Å². The molecule has 49 heavy (non-hydrogen) atoms. The average Bonchev–Trinajstić information content (AvgIpc) is 3.09. The van der Waals surface area contributed by atoms with Crippen molar-refractivity contribution in [3.8, 4) is 0 Å². The van der Waals surface area contributed by atoms with E-state index in [1.807, 2.05) is 6.08 Å². The van der Waals surface area contributed by atoms with Crippen LogP contribution in [0.2, 0.25) is 0 Å². The fourth-order valence-corrected chi connectivity index (χ4v) is 6.67. The molecular weight excluding hydrogens is 635 g/mol. The summed E-state index contributed by atoms with van der Waals surface area (Å²) < 4.78 is 22.0. The predicted octanol–water partition coefficient (Wildman–Crippen LogP) is 11.0. The molecule has 0 aromatic heterocycles. The van der Waals surface area contributed by atoms with Crippen LogP contribution in [0.25, 0.3) is 0 Å². The molecule has 3 unspecified atom stereocenters. The van der Waals surface area contributed by atoms with Gasteiger partial charge < -0.3 is 21.1 Å². The molecule has 0 bridgehead atoms. The van der Waals surface area contributed by atoms with E-state index in [2.05, 4.69) is 31.3 Å². The molecule has 1 amide bonds. The van der Waals surface area contributed by atoms with Gasteiger partial charge in [0.25, 0.3) is 0 Å². The average molecular weight is 715 g/mol. The summed E-state index contributed by atoms with van der Waals surface area (Å²) in [5.74, 6) is -0.206. The van der Waals surface area contributed by atoms with Gasteiger partial charge in [-0.25, -0.2) is 4.57 Å². The smallest absolute Gasteiger partial charge is 0.387 e. The van der Waals surface area contributed by atoms with Crippen LogP contribution in [0.4, 0.5) is 0 Å². The minimum absolute atomic E-state index is 0.0756. The molecule has 0 aliphatic rings. The van der Waals surface area contributed by atoms with Crippen molar-refractivity contribution in [3.63, 3.8) is 0 Å². The van der Waals surface area contributed by atoms with Gasteiger partial charge in [-0.15, -0.1) is 0 Å². The summed E-state index contributed by atoms with van der Waals surface area (Å²) >= 11 is 0. The number of hydrogen-bond donors (Lipinski definition) is 4. The van der Waals surface area contributed by atoms with E-state index in [4.69, 9.17) is 14.8 Å². The van der Waals surface area contributed by atoms with Crippen molar-refractivity contribution in [2.75, 3.05) is 19.8 Å². The van der Waals surface area contributed by atoms with Gasteiger partial charge >= 0.3 is 7.82 Å². The van der Waals surface area contributed by atoms with Crippen molar-refractivity contribution >= 4 is 13.7 Å². The molecule has 0 heterocycles. The number of nitrogens with two attached hydrogens (primary N) is 1. The lowest BCUT2D eigenvalue weighted by atomic mass is 10.0. The molecule has 0 spiro atoms. The maximum absolute atomic E-state index is 12.7. The zero-order valence-corrected chi connectivity index (χ0v) is 32.8. The van der Waals surface area contributed by atoms with Crippen LogP contribution in [0.5, 0.6) is 0 Å². The zero-order chi connectivity index (χ0) is 36.1. The second-order valence-electron chi connectivity index (χ2n) is 13.8. The molecule has 3 atom stereocenters. The fourth-order valence-electron chi connectivity index (χ4n) is 5.91. The first-order valence-electron chi connectivity index (χ1n) is 20.5. The van der Waals surface area contributed by atoms with Crippen LogP contribution in [-0.4, -0.2) is 47.8 Å². The highest BCUT2D eigenvalue weighted by Crippen LogP contribution is 2.43. The normalized spacial score (nSPS) is 14.5. The van der Waals surface area contributed by atoms with Crippen LogP contribution < -0.4 is 11.1 Å². The third-order valence-electron chi connectivity index (χ3n) is 9.03. The van der Waals surface area contributed by atoms with E-state index in [0.29, 0.717) is 6.42 Å². The molecule has 0 aliphatic heterocycles. The van der Waals surface area contributed by atoms with Crippen molar-refractivity contribution in [2.24, 2.45) is 5.73 Å². The number of rotatable bonds is 38. The summed E-state index contributed by atoms with van der Waals surface area (Å²) in [6.07, 6.45) is 40.9. The number of phosphoric ester groups is 1. The van der Waals surface area contributed by atoms with E-state index in [9.17, 15) is 19.4 Å². The molecule has 290 valence electrons. The lowest BCUT2D eigenvalue weighted by molar-refractivity contribution is -0.123. The van der Waals surface area contributed by atoms with Gasteiger partial charge in [-0.1, -0.05) is 179 Å². The standard InChI is InChI=1S/C40H79N2O6P/c1-3-5-7-9-11-13-15-16-17-18-19-20-21-22-23-24-25-27-29-31-33-39(43)38(37-48-49(45,46)47-36-35-41)42-40(44)34-32-30-28-26-14-12-10-8-6-4-2/h24-25,31,33,38-39,43H,3-23,26-30,32,34-37,41H2,1-2H3,(H,42,44)(H,45,46)/b25-24+,33-31+. The molecular formula is C40H79N2O6P. The van der Waals surface area contributed by atoms with Crippen LogP contribution in [0.15, 0.2) is 24.3 Å². The molecule has 8 nitrogen and oxygen atoms in total. The second-order valence-corrected chi connectivity index (χ2v) is 15.3. The first-order chi connectivity index (χ1) is 23.9. The van der Waals surface area contributed by atoms with E-state index in [-0.39, 0.29) is 25.7 Å². The number of hydrogen-bond acceptors (Lipinski definition) is 6. The van der Waals surface area contributed by atoms with E-state index < -0.39 is 20.0 Å². The second kappa shape index (κ2) is 36.8. The zero-order valence-electron chi connectivity index (χ0n) is 31.9. The number of unbranched alkanes of at least 4 members (excludes halogenated alkanes) is 24. The molecule has 0 aliphatic carbocycles. The quantitative estimate of drug-likeness (QED) is 0.0284. The lowest BCUT2D eigenvalue weighted by Gasteiger charge is -2.23. The predicted molar refractivity (Wildman–Crippen MR) is 208 cm³/mol. The Kier molecular flexibility index (Phi) is 36.0. The van der Waals surface area contributed by atoms with Crippen LogP contribution in [0.1, 0.15) is 194 Å². The van der Waals surface area contributed by atoms with Gasteiger partial charge in [0.2, 0.25) is 5.91 Å². The summed E-state index contributed by atoms with van der Waals surface area (Å²) in [7, 11) is -4.34. The number of aliphatic hydroxyl groups is 1. The summed E-state index contributed by atoms with van der Waals surface area (Å²) in [6, 6.07) is -0.871. The highest BCUT2D eigenvalue weighted by molar-refractivity contribution is 7.47. The highest BCUT2D eigenvalue weighted by Gasteiger charge is 2.26. The number of nitrogens with one attached hydrogen (secondary N) is 1.